The molecule has 8 nitrogen and oxygen atoms in total. The molecule has 9 heteroatoms. The van der Waals surface area contributed by atoms with Crippen LogP contribution in [-0.2, 0) is 4.74 Å². The van der Waals surface area contributed by atoms with Crippen molar-refractivity contribution in [2.24, 2.45) is 0 Å². The number of rotatable bonds is 4. The van der Waals surface area contributed by atoms with Crippen molar-refractivity contribution in [1.29, 1.82) is 0 Å². The molecule has 2 saturated heterocycles. The summed E-state index contributed by atoms with van der Waals surface area (Å²) in [6.07, 6.45) is 3.80. The van der Waals surface area contributed by atoms with Crippen molar-refractivity contribution in [3.05, 3.63) is 40.8 Å². The number of morpholine rings is 1. The van der Waals surface area contributed by atoms with Crippen LogP contribution in [0.2, 0.25) is 5.02 Å². The van der Waals surface area contributed by atoms with Crippen molar-refractivity contribution in [3.63, 3.8) is 0 Å². The number of nitrogens with zero attached hydrogens (tertiary/aromatic N) is 5. The quantitative estimate of drug-likeness (QED) is 0.641. The number of aromatic nitrogens is 4. The fourth-order valence-corrected chi connectivity index (χ4v) is 4.86. The standard InChI is InChI=1S/C22H27ClN6O2/c1-14-26-21(28-6-7-31-17(12-28)13-30)10-22(27-14)29-20-9-18(15-2-4-24-5-3-15)19(23)8-16(20)11-25-29/h8-11,15,17,24,30H,2-7,12-13H2,1H3/t17-/m0/s1. The Bertz CT molecular complexity index is 1080. The van der Waals surface area contributed by atoms with E-state index in [-0.39, 0.29) is 12.7 Å². The van der Waals surface area contributed by atoms with Crippen molar-refractivity contribution in [3.8, 4) is 5.82 Å². The maximum absolute atomic E-state index is 9.48. The third kappa shape index (κ3) is 4.13. The van der Waals surface area contributed by atoms with Crippen molar-refractivity contribution in [1.82, 2.24) is 25.1 Å². The largest absolute Gasteiger partial charge is 0.394 e. The lowest BCUT2D eigenvalue weighted by atomic mass is 9.90. The van der Waals surface area contributed by atoms with E-state index in [2.05, 4.69) is 31.3 Å². The average molecular weight is 443 g/mol. The van der Waals surface area contributed by atoms with Crippen LogP contribution in [0.3, 0.4) is 0 Å². The molecule has 1 atom stereocenters. The highest BCUT2D eigenvalue weighted by molar-refractivity contribution is 6.32. The molecule has 0 bridgehead atoms. The molecule has 164 valence electrons. The average Bonchev–Trinajstić information content (AvgIpc) is 3.21. The number of hydrogen-bond acceptors (Lipinski definition) is 7. The number of hydrogen-bond donors (Lipinski definition) is 2. The molecule has 0 aliphatic carbocycles. The number of piperidine rings is 1. The lowest BCUT2D eigenvalue weighted by Gasteiger charge is -2.33. The van der Waals surface area contributed by atoms with Crippen molar-refractivity contribution in [2.45, 2.75) is 31.8 Å². The first-order valence-electron chi connectivity index (χ1n) is 10.8. The van der Waals surface area contributed by atoms with E-state index in [1.54, 1.807) is 0 Å². The van der Waals surface area contributed by atoms with E-state index >= 15 is 0 Å². The summed E-state index contributed by atoms with van der Waals surface area (Å²) in [5.41, 5.74) is 2.18. The topological polar surface area (TPSA) is 88.3 Å². The molecule has 2 aliphatic rings. The SMILES string of the molecule is Cc1nc(N2CCO[C@H](CO)C2)cc(-n2ncc3cc(Cl)c(C4CCNCC4)cc32)n1. The van der Waals surface area contributed by atoms with Crippen LogP contribution in [0.5, 0.6) is 0 Å². The lowest BCUT2D eigenvalue weighted by Crippen LogP contribution is -2.44. The third-order valence-corrected chi connectivity index (χ3v) is 6.49. The van der Waals surface area contributed by atoms with Gasteiger partial charge in [-0.1, -0.05) is 11.6 Å². The Kier molecular flexibility index (Phi) is 5.79. The van der Waals surface area contributed by atoms with Crippen molar-refractivity contribution < 1.29 is 9.84 Å². The predicted molar refractivity (Wildman–Crippen MR) is 120 cm³/mol. The van der Waals surface area contributed by atoms with E-state index in [4.69, 9.17) is 16.3 Å². The number of fused-ring (bicyclic) bond motifs is 1. The normalized spacial score (nSPS) is 20.5. The van der Waals surface area contributed by atoms with Gasteiger partial charge < -0.3 is 20.1 Å². The van der Waals surface area contributed by atoms with Crippen LogP contribution in [0.1, 0.15) is 30.1 Å². The van der Waals surface area contributed by atoms with Crippen LogP contribution in [0.4, 0.5) is 5.82 Å². The minimum absolute atomic E-state index is 0.00254. The zero-order chi connectivity index (χ0) is 21.4. The zero-order valence-corrected chi connectivity index (χ0v) is 18.3. The third-order valence-electron chi connectivity index (χ3n) is 6.16. The predicted octanol–water partition coefficient (Wildman–Crippen LogP) is 2.44. The molecule has 2 aromatic heterocycles. The van der Waals surface area contributed by atoms with Gasteiger partial charge in [-0.25, -0.2) is 14.6 Å². The highest BCUT2D eigenvalue weighted by Crippen LogP contribution is 2.35. The maximum Gasteiger partial charge on any atom is 0.159 e. The molecule has 5 rings (SSSR count). The van der Waals surface area contributed by atoms with Gasteiger partial charge in [0.1, 0.15) is 11.6 Å². The summed E-state index contributed by atoms with van der Waals surface area (Å²) in [6.45, 7) is 5.80. The fraction of sp³-hybridized carbons (Fsp3) is 0.500. The van der Waals surface area contributed by atoms with Crippen LogP contribution in [0.15, 0.2) is 24.4 Å². The van der Waals surface area contributed by atoms with Gasteiger partial charge in [0.25, 0.3) is 0 Å². The second kappa shape index (κ2) is 8.70. The van der Waals surface area contributed by atoms with E-state index in [0.29, 0.717) is 24.9 Å². The van der Waals surface area contributed by atoms with E-state index in [1.807, 2.05) is 29.9 Å². The summed E-state index contributed by atoms with van der Waals surface area (Å²) in [6, 6.07) is 6.15. The lowest BCUT2D eigenvalue weighted by molar-refractivity contribution is 0.00335. The summed E-state index contributed by atoms with van der Waals surface area (Å²) < 4.78 is 7.46. The molecule has 0 radical (unpaired) electrons. The number of nitrogens with one attached hydrogen (secondary N) is 1. The monoisotopic (exact) mass is 442 g/mol. The molecule has 1 aromatic carbocycles. The summed E-state index contributed by atoms with van der Waals surface area (Å²) >= 11 is 6.65. The van der Waals surface area contributed by atoms with Gasteiger partial charge in [0, 0.05) is 29.6 Å². The highest BCUT2D eigenvalue weighted by Gasteiger charge is 2.23. The van der Waals surface area contributed by atoms with Gasteiger partial charge in [-0.05, 0) is 56.5 Å². The Morgan fingerprint density at radius 3 is 2.81 bits per heavy atom. The molecular formula is C22H27ClN6O2. The minimum atomic E-state index is -0.201. The molecule has 2 aliphatic heterocycles. The van der Waals surface area contributed by atoms with Crippen LogP contribution < -0.4 is 10.2 Å². The van der Waals surface area contributed by atoms with Gasteiger partial charge in [-0.15, -0.1) is 0 Å². The summed E-state index contributed by atoms with van der Waals surface area (Å²) in [7, 11) is 0. The Morgan fingerprint density at radius 1 is 1.19 bits per heavy atom. The first-order valence-corrected chi connectivity index (χ1v) is 11.2. The Labute approximate surface area is 186 Å². The zero-order valence-electron chi connectivity index (χ0n) is 17.6. The molecule has 4 heterocycles. The molecule has 2 fully saturated rings. The fourth-order valence-electron chi connectivity index (χ4n) is 4.54. The summed E-state index contributed by atoms with van der Waals surface area (Å²) in [4.78, 5) is 11.4. The molecule has 2 N–H and O–H groups in total. The number of aliphatic hydroxyl groups is 1. The first kappa shape index (κ1) is 20.6. The molecule has 0 amide bonds. The second-order valence-electron chi connectivity index (χ2n) is 8.27. The first-order chi connectivity index (χ1) is 15.1. The van der Waals surface area contributed by atoms with E-state index in [1.165, 1.54) is 5.56 Å². The van der Waals surface area contributed by atoms with Crippen LogP contribution in [0, 0.1) is 6.92 Å². The Balaban J connectivity index is 1.54. The van der Waals surface area contributed by atoms with E-state index < -0.39 is 0 Å². The minimum Gasteiger partial charge on any atom is -0.394 e. The van der Waals surface area contributed by atoms with Crippen LogP contribution in [0.25, 0.3) is 16.7 Å². The number of halogens is 1. The number of aryl methyl sites for hydroxylation is 1. The van der Waals surface area contributed by atoms with Crippen LogP contribution in [-0.4, -0.2) is 70.4 Å². The molecule has 0 unspecified atom stereocenters. The van der Waals surface area contributed by atoms with Gasteiger partial charge >= 0.3 is 0 Å². The number of ether oxygens (including phenoxy) is 1. The molecule has 31 heavy (non-hydrogen) atoms. The summed E-state index contributed by atoms with van der Waals surface area (Å²) in [5, 5.41) is 19.3. The van der Waals surface area contributed by atoms with Gasteiger partial charge in [0.05, 0.1) is 31.0 Å². The van der Waals surface area contributed by atoms with Gasteiger partial charge in [0.15, 0.2) is 5.82 Å². The molecule has 0 spiro atoms. The second-order valence-corrected chi connectivity index (χ2v) is 8.67. The summed E-state index contributed by atoms with van der Waals surface area (Å²) in [5.74, 6) is 2.67. The highest BCUT2D eigenvalue weighted by atomic mass is 35.5. The smallest absolute Gasteiger partial charge is 0.159 e. The number of aliphatic hydroxyl groups excluding tert-OH is 1. The maximum atomic E-state index is 9.48. The molecule has 3 aromatic rings. The Morgan fingerprint density at radius 2 is 2.00 bits per heavy atom. The number of anilines is 1. The Hall–Kier alpha value is -2.26. The van der Waals surface area contributed by atoms with Crippen molar-refractivity contribution in [2.75, 3.05) is 44.3 Å². The van der Waals surface area contributed by atoms with Crippen LogP contribution >= 0.6 is 11.6 Å². The van der Waals surface area contributed by atoms with Gasteiger partial charge in [-0.3, -0.25) is 0 Å². The van der Waals surface area contributed by atoms with Gasteiger partial charge in [-0.2, -0.15) is 5.10 Å². The number of benzene rings is 1. The van der Waals surface area contributed by atoms with E-state index in [9.17, 15) is 5.11 Å². The molecule has 0 saturated carbocycles. The van der Waals surface area contributed by atoms with Gasteiger partial charge in [0.2, 0.25) is 0 Å². The molecular weight excluding hydrogens is 416 g/mol. The van der Waals surface area contributed by atoms with Crippen molar-refractivity contribution >= 4 is 28.3 Å². The van der Waals surface area contributed by atoms with E-state index in [0.717, 1.165) is 60.0 Å².